The lowest BCUT2D eigenvalue weighted by Crippen LogP contribution is -2.21. The molecule has 3 saturated carbocycles. The summed E-state index contributed by atoms with van der Waals surface area (Å²) < 4.78 is 0. The lowest BCUT2D eigenvalue weighted by molar-refractivity contribution is 0.176. The van der Waals surface area contributed by atoms with E-state index in [0.717, 1.165) is 11.8 Å². The van der Waals surface area contributed by atoms with Crippen LogP contribution >= 0.6 is 17.0 Å². The third kappa shape index (κ3) is 1.49. The van der Waals surface area contributed by atoms with Crippen LogP contribution in [0.1, 0.15) is 38.5 Å². The maximum Gasteiger partial charge on any atom is -0.0414 e. The fraction of sp³-hybridized carbons (Fsp3) is 1.00. The first-order chi connectivity index (χ1) is 3.95. The molecule has 2 bridgehead atoms. The molecule has 54 valence electrons. The van der Waals surface area contributed by atoms with E-state index in [0.29, 0.717) is 0 Å². The van der Waals surface area contributed by atoms with E-state index in [4.69, 9.17) is 0 Å². The maximum atomic E-state index is 1.56. The van der Waals surface area contributed by atoms with E-state index in [-0.39, 0.29) is 17.0 Å². The molecule has 0 radical (unpaired) electrons. The number of rotatable bonds is 0. The van der Waals surface area contributed by atoms with E-state index in [9.17, 15) is 0 Å². The summed E-state index contributed by atoms with van der Waals surface area (Å²) in [6.45, 7) is 0. The van der Waals surface area contributed by atoms with Crippen molar-refractivity contribution in [3.63, 3.8) is 0 Å². The molecule has 3 aliphatic rings. The smallest absolute Gasteiger partial charge is 0.0414 e. The summed E-state index contributed by atoms with van der Waals surface area (Å²) in [6.07, 6.45) is 9.36. The molecule has 0 aliphatic heterocycles. The van der Waals surface area contributed by atoms with Gasteiger partial charge in [-0.15, -0.1) is 17.0 Å². The van der Waals surface area contributed by atoms with Crippen molar-refractivity contribution >= 4 is 17.0 Å². The zero-order chi connectivity index (χ0) is 5.40. The van der Waals surface area contributed by atoms with Crippen LogP contribution in [0.2, 0.25) is 0 Å². The van der Waals surface area contributed by atoms with Crippen LogP contribution in [0.3, 0.4) is 0 Å². The second kappa shape index (κ2) is 3.05. The minimum Gasteiger partial charge on any atom is -0.114 e. The molecule has 3 fully saturated rings. The fourth-order valence-corrected chi connectivity index (χ4v) is 2.28. The molecule has 0 aromatic heterocycles. The molecule has 0 saturated heterocycles. The molecule has 0 aromatic carbocycles. The SMILES string of the molecule is Br.C1CC2CCC1CC2. The van der Waals surface area contributed by atoms with E-state index in [1.54, 1.807) is 38.5 Å². The van der Waals surface area contributed by atoms with E-state index >= 15 is 0 Å². The summed E-state index contributed by atoms with van der Waals surface area (Å²) >= 11 is 0. The molecule has 0 amide bonds. The van der Waals surface area contributed by atoms with Gasteiger partial charge in [-0.05, 0) is 11.8 Å². The Morgan fingerprint density at radius 3 is 0.889 bits per heavy atom. The summed E-state index contributed by atoms with van der Waals surface area (Å²) in [4.78, 5) is 0. The van der Waals surface area contributed by atoms with Crippen LogP contribution in [0.25, 0.3) is 0 Å². The van der Waals surface area contributed by atoms with Gasteiger partial charge in [0.1, 0.15) is 0 Å². The molecule has 0 unspecified atom stereocenters. The average molecular weight is 191 g/mol. The van der Waals surface area contributed by atoms with Crippen LogP contribution in [-0.4, -0.2) is 0 Å². The number of halogens is 1. The first-order valence-corrected chi connectivity index (χ1v) is 3.95. The van der Waals surface area contributed by atoms with Crippen LogP contribution in [0.5, 0.6) is 0 Å². The second-order valence-corrected chi connectivity index (χ2v) is 3.46. The third-order valence-electron chi connectivity index (χ3n) is 2.95. The highest BCUT2D eigenvalue weighted by Gasteiger charge is 2.26. The highest BCUT2D eigenvalue weighted by molar-refractivity contribution is 8.93. The van der Waals surface area contributed by atoms with Crippen molar-refractivity contribution in [2.45, 2.75) is 38.5 Å². The van der Waals surface area contributed by atoms with Crippen LogP contribution < -0.4 is 0 Å². The maximum absolute atomic E-state index is 1.56. The zero-order valence-electron chi connectivity index (χ0n) is 5.81. The Morgan fingerprint density at radius 2 is 0.778 bits per heavy atom. The van der Waals surface area contributed by atoms with Gasteiger partial charge >= 0.3 is 0 Å². The monoisotopic (exact) mass is 190 g/mol. The Hall–Kier alpha value is 0.480. The molecule has 0 spiro atoms. The summed E-state index contributed by atoms with van der Waals surface area (Å²) in [5, 5.41) is 0. The predicted molar refractivity (Wildman–Crippen MR) is 45.0 cm³/mol. The molecule has 1 heteroatoms. The van der Waals surface area contributed by atoms with Gasteiger partial charge in [-0.3, -0.25) is 0 Å². The molecular formula is C8H15Br. The van der Waals surface area contributed by atoms with Gasteiger partial charge in [-0.1, -0.05) is 38.5 Å². The molecule has 0 aromatic rings. The Labute approximate surface area is 67.8 Å². The molecule has 9 heavy (non-hydrogen) atoms. The molecule has 0 nitrogen and oxygen atoms in total. The summed E-state index contributed by atoms with van der Waals surface area (Å²) in [5.74, 6) is 2.31. The summed E-state index contributed by atoms with van der Waals surface area (Å²) in [6, 6.07) is 0. The van der Waals surface area contributed by atoms with Gasteiger partial charge in [0.2, 0.25) is 0 Å². The molecular weight excluding hydrogens is 176 g/mol. The Kier molecular flexibility index (Phi) is 2.57. The van der Waals surface area contributed by atoms with E-state index in [1.807, 2.05) is 0 Å². The predicted octanol–water partition coefficient (Wildman–Crippen LogP) is 3.16. The average Bonchev–Trinajstić information content (AvgIpc) is 1.92. The Bertz CT molecular complexity index is 59.5. The highest BCUT2D eigenvalue weighted by atomic mass is 79.9. The van der Waals surface area contributed by atoms with Gasteiger partial charge < -0.3 is 0 Å². The van der Waals surface area contributed by atoms with E-state index < -0.39 is 0 Å². The van der Waals surface area contributed by atoms with Gasteiger partial charge in [0.05, 0.1) is 0 Å². The zero-order valence-corrected chi connectivity index (χ0v) is 7.52. The van der Waals surface area contributed by atoms with Gasteiger partial charge in [0.15, 0.2) is 0 Å². The largest absolute Gasteiger partial charge is 0.114 e. The van der Waals surface area contributed by atoms with Crippen molar-refractivity contribution in [3.05, 3.63) is 0 Å². The normalized spacial score (nSPS) is 40.0. The van der Waals surface area contributed by atoms with Crippen molar-refractivity contribution < 1.29 is 0 Å². The number of fused-ring (bicyclic) bond motifs is 3. The Morgan fingerprint density at radius 1 is 0.556 bits per heavy atom. The first kappa shape index (κ1) is 7.59. The quantitative estimate of drug-likeness (QED) is 0.551. The van der Waals surface area contributed by atoms with Gasteiger partial charge in [0, 0.05) is 0 Å². The van der Waals surface area contributed by atoms with Crippen LogP contribution in [0.4, 0.5) is 0 Å². The number of hydrogen-bond donors (Lipinski definition) is 0. The van der Waals surface area contributed by atoms with E-state index in [1.165, 1.54) is 0 Å². The molecule has 3 aliphatic carbocycles. The van der Waals surface area contributed by atoms with Gasteiger partial charge in [-0.2, -0.15) is 0 Å². The van der Waals surface area contributed by atoms with Crippen LogP contribution in [0.15, 0.2) is 0 Å². The lowest BCUT2D eigenvalue weighted by Gasteiger charge is -2.35. The summed E-state index contributed by atoms with van der Waals surface area (Å²) in [5.41, 5.74) is 0. The standard InChI is InChI=1S/C8H14.BrH/c1-2-8-5-3-7(1)4-6-8;/h7-8H,1-6H2;1H. The second-order valence-electron chi connectivity index (χ2n) is 3.46. The van der Waals surface area contributed by atoms with Crippen molar-refractivity contribution in [2.24, 2.45) is 11.8 Å². The van der Waals surface area contributed by atoms with Crippen molar-refractivity contribution in [1.29, 1.82) is 0 Å². The molecule has 0 heterocycles. The fourth-order valence-electron chi connectivity index (χ4n) is 2.28. The highest BCUT2D eigenvalue weighted by Crippen LogP contribution is 2.40. The van der Waals surface area contributed by atoms with Crippen molar-refractivity contribution in [1.82, 2.24) is 0 Å². The molecule has 0 N–H and O–H groups in total. The topological polar surface area (TPSA) is 0 Å². The van der Waals surface area contributed by atoms with Crippen LogP contribution in [-0.2, 0) is 0 Å². The van der Waals surface area contributed by atoms with Gasteiger partial charge in [0.25, 0.3) is 0 Å². The minimum absolute atomic E-state index is 0. The lowest BCUT2D eigenvalue weighted by atomic mass is 9.71. The van der Waals surface area contributed by atoms with E-state index in [2.05, 4.69) is 0 Å². The van der Waals surface area contributed by atoms with Crippen molar-refractivity contribution in [2.75, 3.05) is 0 Å². The number of hydrogen-bond acceptors (Lipinski definition) is 0. The Balaban J connectivity index is 0.000000405. The van der Waals surface area contributed by atoms with Crippen molar-refractivity contribution in [3.8, 4) is 0 Å². The third-order valence-corrected chi connectivity index (χ3v) is 2.95. The minimum atomic E-state index is 0. The molecule has 0 atom stereocenters. The molecule has 3 rings (SSSR count). The van der Waals surface area contributed by atoms with Crippen LogP contribution in [0, 0.1) is 11.8 Å². The summed E-state index contributed by atoms with van der Waals surface area (Å²) in [7, 11) is 0. The first-order valence-electron chi connectivity index (χ1n) is 3.95. The van der Waals surface area contributed by atoms with Gasteiger partial charge in [-0.25, -0.2) is 0 Å².